The molecule has 0 fully saturated rings. The number of carbonyl (C=O) groups excluding carboxylic acids is 1. The molecule has 0 saturated heterocycles. The largest absolute Gasteiger partial charge is 0.481 e. The first-order chi connectivity index (χ1) is 8.58. The van der Waals surface area contributed by atoms with Crippen molar-refractivity contribution in [3.05, 3.63) is 29.6 Å². The molecule has 18 heavy (non-hydrogen) atoms. The van der Waals surface area contributed by atoms with Crippen molar-refractivity contribution in [3.8, 4) is 0 Å². The smallest absolute Gasteiger partial charge is 0.304 e. The van der Waals surface area contributed by atoms with Crippen LogP contribution in [0.25, 0.3) is 10.1 Å². The first kappa shape index (κ1) is 12.6. The van der Waals surface area contributed by atoms with Crippen molar-refractivity contribution in [1.29, 1.82) is 0 Å². The van der Waals surface area contributed by atoms with Crippen LogP contribution in [0.4, 0.5) is 5.69 Å². The first-order valence-corrected chi connectivity index (χ1v) is 6.45. The third-order valence-electron chi connectivity index (χ3n) is 2.67. The molecule has 0 aliphatic heterocycles. The van der Waals surface area contributed by atoms with E-state index in [0.29, 0.717) is 0 Å². The molecular weight excluding hydrogens is 250 g/mol. The molecule has 1 heterocycles. The number of anilines is 1. The number of hydrogen-bond donors (Lipinski definition) is 2. The van der Waals surface area contributed by atoms with Crippen molar-refractivity contribution in [2.75, 3.05) is 5.32 Å². The highest BCUT2D eigenvalue weighted by Gasteiger charge is 2.17. The number of aliphatic carboxylic acids is 1. The number of fused-ring (bicyclic) bond motifs is 1. The highest BCUT2D eigenvalue weighted by molar-refractivity contribution is 7.17. The highest BCUT2D eigenvalue weighted by Crippen LogP contribution is 2.30. The molecular formula is C13H13NO3S. The van der Waals surface area contributed by atoms with Crippen LogP contribution in [0.1, 0.15) is 13.3 Å². The van der Waals surface area contributed by atoms with Crippen molar-refractivity contribution >= 4 is 39.0 Å². The lowest BCUT2D eigenvalue weighted by Gasteiger charge is -2.09. The Morgan fingerprint density at radius 3 is 2.83 bits per heavy atom. The van der Waals surface area contributed by atoms with Crippen LogP contribution in [-0.4, -0.2) is 17.0 Å². The number of carbonyl (C=O) groups is 2. The molecule has 1 aromatic heterocycles. The number of thiophene rings is 1. The average molecular weight is 263 g/mol. The fraction of sp³-hybridized carbons (Fsp3) is 0.231. The summed E-state index contributed by atoms with van der Waals surface area (Å²) < 4.78 is 1.10. The minimum atomic E-state index is -0.965. The van der Waals surface area contributed by atoms with E-state index in [1.165, 1.54) is 0 Å². The number of hydrogen-bond acceptors (Lipinski definition) is 3. The zero-order chi connectivity index (χ0) is 13.1. The summed E-state index contributed by atoms with van der Waals surface area (Å²) in [6, 6.07) is 7.77. The van der Waals surface area contributed by atoms with Gasteiger partial charge in [-0.3, -0.25) is 9.59 Å². The molecule has 1 amide bonds. The number of rotatable bonds is 4. The maximum absolute atomic E-state index is 11.8. The van der Waals surface area contributed by atoms with Crippen LogP contribution < -0.4 is 5.32 Å². The molecule has 4 nitrogen and oxygen atoms in total. The molecule has 1 atom stereocenters. The second-order valence-corrected chi connectivity index (χ2v) is 5.04. The van der Waals surface area contributed by atoms with E-state index in [9.17, 15) is 9.59 Å². The van der Waals surface area contributed by atoms with E-state index in [0.717, 1.165) is 15.8 Å². The first-order valence-electron chi connectivity index (χ1n) is 5.57. The monoisotopic (exact) mass is 263 g/mol. The van der Waals surface area contributed by atoms with Gasteiger partial charge in [-0.05, 0) is 6.07 Å². The van der Waals surface area contributed by atoms with E-state index >= 15 is 0 Å². The van der Waals surface area contributed by atoms with Crippen molar-refractivity contribution < 1.29 is 14.7 Å². The van der Waals surface area contributed by atoms with Crippen molar-refractivity contribution in [3.63, 3.8) is 0 Å². The van der Waals surface area contributed by atoms with E-state index < -0.39 is 11.9 Å². The minimum Gasteiger partial charge on any atom is -0.481 e. The van der Waals surface area contributed by atoms with Crippen LogP contribution in [0.2, 0.25) is 0 Å². The molecule has 5 heteroatoms. The van der Waals surface area contributed by atoms with E-state index in [1.54, 1.807) is 18.3 Å². The summed E-state index contributed by atoms with van der Waals surface area (Å²) in [6.07, 6.45) is -0.159. The summed E-state index contributed by atoms with van der Waals surface area (Å²) in [5.41, 5.74) is 0.748. The Morgan fingerprint density at radius 2 is 2.11 bits per heavy atom. The fourth-order valence-electron chi connectivity index (χ4n) is 1.69. The molecule has 2 rings (SSSR count). The van der Waals surface area contributed by atoms with Gasteiger partial charge in [0, 0.05) is 21.4 Å². The van der Waals surface area contributed by atoms with Gasteiger partial charge in [0.25, 0.3) is 0 Å². The van der Waals surface area contributed by atoms with E-state index in [1.807, 2.05) is 29.6 Å². The number of amides is 1. The Morgan fingerprint density at radius 1 is 1.39 bits per heavy atom. The summed E-state index contributed by atoms with van der Waals surface area (Å²) in [4.78, 5) is 22.4. The lowest BCUT2D eigenvalue weighted by molar-refractivity contribution is -0.139. The normalized spacial score (nSPS) is 12.3. The lowest BCUT2D eigenvalue weighted by atomic mass is 10.1. The van der Waals surface area contributed by atoms with Gasteiger partial charge in [0.2, 0.25) is 5.91 Å². The quantitative estimate of drug-likeness (QED) is 0.891. The standard InChI is InChI=1S/C13H13NO3S/c1-8(6-12(15)16)13(17)14-10-7-18-11-5-3-2-4-9(10)11/h2-5,7-8H,6H2,1H3,(H,14,17)(H,15,16). The van der Waals surface area contributed by atoms with E-state index in [2.05, 4.69) is 5.32 Å². The number of carboxylic acid groups (broad SMARTS) is 1. The Bertz CT molecular complexity index is 591. The maximum Gasteiger partial charge on any atom is 0.304 e. The van der Waals surface area contributed by atoms with Gasteiger partial charge in [-0.1, -0.05) is 25.1 Å². The van der Waals surface area contributed by atoms with Crippen LogP contribution in [-0.2, 0) is 9.59 Å². The molecule has 0 aliphatic carbocycles. The van der Waals surface area contributed by atoms with Crippen LogP contribution >= 0.6 is 11.3 Å². The SMILES string of the molecule is CC(CC(=O)O)C(=O)Nc1csc2ccccc12. The molecule has 0 bridgehead atoms. The zero-order valence-corrected chi connectivity index (χ0v) is 10.7. The molecule has 1 unspecified atom stereocenters. The van der Waals surface area contributed by atoms with Gasteiger partial charge >= 0.3 is 5.97 Å². The van der Waals surface area contributed by atoms with Gasteiger partial charge in [0.15, 0.2) is 0 Å². The van der Waals surface area contributed by atoms with Crippen LogP contribution in [0, 0.1) is 5.92 Å². The lowest BCUT2D eigenvalue weighted by Crippen LogP contribution is -2.22. The van der Waals surface area contributed by atoms with Crippen molar-refractivity contribution in [2.45, 2.75) is 13.3 Å². The summed E-state index contributed by atoms with van der Waals surface area (Å²) in [7, 11) is 0. The molecule has 0 aliphatic rings. The Labute approximate surface area is 108 Å². The molecule has 2 aromatic rings. The number of nitrogens with one attached hydrogen (secondary N) is 1. The van der Waals surface area contributed by atoms with Gasteiger partial charge in [-0.25, -0.2) is 0 Å². The second-order valence-electron chi connectivity index (χ2n) is 4.13. The molecule has 0 spiro atoms. The van der Waals surface area contributed by atoms with Gasteiger partial charge in [-0.15, -0.1) is 11.3 Å². The third kappa shape index (κ3) is 2.68. The second kappa shape index (κ2) is 5.18. The van der Waals surface area contributed by atoms with E-state index in [-0.39, 0.29) is 12.3 Å². The van der Waals surface area contributed by atoms with Gasteiger partial charge in [0.1, 0.15) is 0 Å². The van der Waals surface area contributed by atoms with Crippen LogP contribution in [0.3, 0.4) is 0 Å². The molecule has 1 aromatic carbocycles. The van der Waals surface area contributed by atoms with Crippen molar-refractivity contribution in [1.82, 2.24) is 0 Å². The zero-order valence-electron chi connectivity index (χ0n) is 9.84. The Kier molecular flexibility index (Phi) is 3.62. The minimum absolute atomic E-state index is 0.159. The number of benzene rings is 1. The maximum atomic E-state index is 11.8. The highest BCUT2D eigenvalue weighted by atomic mass is 32.1. The van der Waals surface area contributed by atoms with Gasteiger partial charge < -0.3 is 10.4 Å². The Hall–Kier alpha value is -1.88. The van der Waals surface area contributed by atoms with Crippen molar-refractivity contribution in [2.24, 2.45) is 5.92 Å². The predicted molar refractivity (Wildman–Crippen MR) is 71.9 cm³/mol. The van der Waals surface area contributed by atoms with Crippen LogP contribution in [0.15, 0.2) is 29.6 Å². The summed E-state index contributed by atoms with van der Waals surface area (Å²) in [5, 5.41) is 14.3. The topological polar surface area (TPSA) is 66.4 Å². The predicted octanol–water partition coefficient (Wildman–Crippen LogP) is 2.95. The van der Waals surface area contributed by atoms with Crippen LogP contribution in [0.5, 0.6) is 0 Å². The summed E-state index contributed by atoms with van der Waals surface area (Å²) in [5.74, 6) is -1.77. The summed E-state index contributed by atoms with van der Waals surface area (Å²) >= 11 is 1.55. The fourth-order valence-corrected chi connectivity index (χ4v) is 2.58. The average Bonchev–Trinajstić information content (AvgIpc) is 2.72. The molecule has 94 valence electrons. The molecule has 0 radical (unpaired) electrons. The third-order valence-corrected chi connectivity index (χ3v) is 3.63. The summed E-state index contributed by atoms with van der Waals surface area (Å²) in [6.45, 7) is 1.61. The Balaban J connectivity index is 2.14. The van der Waals surface area contributed by atoms with Gasteiger partial charge in [-0.2, -0.15) is 0 Å². The van der Waals surface area contributed by atoms with E-state index in [4.69, 9.17) is 5.11 Å². The number of carboxylic acids is 1. The van der Waals surface area contributed by atoms with Gasteiger partial charge in [0.05, 0.1) is 12.1 Å². The molecule has 0 saturated carbocycles. The molecule has 2 N–H and O–H groups in total.